The fourth-order valence-corrected chi connectivity index (χ4v) is 1.15. The van der Waals surface area contributed by atoms with Crippen LogP contribution in [0.1, 0.15) is 40.5 Å². The van der Waals surface area contributed by atoms with E-state index in [2.05, 4.69) is 24.1 Å². The van der Waals surface area contributed by atoms with Gasteiger partial charge in [0.1, 0.15) is 18.3 Å². The fraction of sp³-hybridized carbons (Fsp3) is 0.368. The van der Waals surface area contributed by atoms with Gasteiger partial charge in [0.15, 0.2) is 0 Å². The molecule has 5 heteroatoms. The van der Waals surface area contributed by atoms with Crippen molar-refractivity contribution in [1.29, 1.82) is 0 Å². The molecule has 0 rings (SSSR count). The van der Waals surface area contributed by atoms with Crippen molar-refractivity contribution in [2.75, 3.05) is 0 Å². The van der Waals surface area contributed by atoms with Crippen molar-refractivity contribution >= 4 is 0 Å². The Hall–Kier alpha value is -3.10. The Morgan fingerprint density at radius 2 is 1.79 bits per heavy atom. The summed E-state index contributed by atoms with van der Waals surface area (Å²) in [5, 5.41) is 0. The van der Waals surface area contributed by atoms with E-state index in [9.17, 15) is 0 Å². The van der Waals surface area contributed by atoms with E-state index in [1.807, 2.05) is 20.0 Å². The summed E-state index contributed by atoms with van der Waals surface area (Å²) >= 11 is 0. The highest BCUT2D eigenvalue weighted by Gasteiger charge is 2.26. The van der Waals surface area contributed by atoms with Crippen LogP contribution in [-0.4, -0.2) is 6.29 Å². The molecule has 0 N–H and O–H groups in total. The first-order valence-corrected chi connectivity index (χ1v) is 7.41. The van der Waals surface area contributed by atoms with Gasteiger partial charge in [-0.3, -0.25) is 0 Å². The molecule has 0 heterocycles. The number of terminal acetylenes is 1. The Kier molecular flexibility index (Phi) is 12.9. The molecule has 128 valence electrons. The molecule has 0 aromatic carbocycles. The molecular formula is C19H22O5. The molecule has 0 aliphatic carbocycles. The lowest BCUT2D eigenvalue weighted by Crippen LogP contribution is -2.19. The molecule has 0 spiro atoms. The largest absolute Gasteiger partial charge is 0.456 e. The summed E-state index contributed by atoms with van der Waals surface area (Å²) in [4.78, 5) is 0. The van der Waals surface area contributed by atoms with Crippen LogP contribution in [0.15, 0.2) is 36.4 Å². The van der Waals surface area contributed by atoms with Crippen molar-refractivity contribution in [1.82, 2.24) is 0 Å². The first-order valence-electron chi connectivity index (χ1n) is 7.41. The molecule has 0 bridgehead atoms. The van der Waals surface area contributed by atoms with E-state index in [0.717, 1.165) is 6.42 Å². The molecule has 0 amide bonds. The first-order chi connectivity index (χ1) is 11.7. The van der Waals surface area contributed by atoms with E-state index in [1.165, 1.54) is 12.5 Å². The molecule has 0 aliphatic heterocycles. The van der Waals surface area contributed by atoms with Gasteiger partial charge in [0, 0.05) is 13.3 Å². The van der Waals surface area contributed by atoms with Gasteiger partial charge in [0.05, 0.1) is 12.5 Å². The third-order valence-corrected chi connectivity index (χ3v) is 2.09. The second kappa shape index (κ2) is 14.8. The zero-order chi connectivity index (χ0) is 18.0. The average Bonchev–Trinajstić information content (AvgIpc) is 2.59. The van der Waals surface area contributed by atoms with Gasteiger partial charge in [-0.15, -0.1) is 0 Å². The summed E-state index contributed by atoms with van der Waals surface area (Å²) in [6, 6.07) is 0. The van der Waals surface area contributed by atoms with E-state index < -0.39 is 6.29 Å². The summed E-state index contributed by atoms with van der Waals surface area (Å²) in [5.74, 6) is 5.13. The highest BCUT2D eigenvalue weighted by atomic mass is 16.7. The van der Waals surface area contributed by atoms with Gasteiger partial charge in [0.2, 0.25) is 0 Å². The summed E-state index contributed by atoms with van der Waals surface area (Å²) < 4.78 is 26.5. The number of rotatable bonds is 9. The van der Waals surface area contributed by atoms with Crippen molar-refractivity contribution in [2.24, 2.45) is 0 Å². The van der Waals surface area contributed by atoms with Crippen LogP contribution in [0.4, 0.5) is 0 Å². The standard InChI is InChI=1S/C19H22O5/c1-6-11-15-23-18(21-13-8-3)17(20-10-5)19(22-14-9-4)24-16-12-7-2/h5,8,11,13,15,18H,6-7H2,1-4H3. The van der Waals surface area contributed by atoms with Crippen LogP contribution in [0.5, 0.6) is 0 Å². The third kappa shape index (κ3) is 9.03. The summed E-state index contributed by atoms with van der Waals surface area (Å²) in [6.45, 7) is 7.23. The van der Waals surface area contributed by atoms with Crippen LogP contribution < -0.4 is 0 Å². The van der Waals surface area contributed by atoms with E-state index in [4.69, 9.17) is 30.1 Å². The molecule has 0 fully saturated rings. The van der Waals surface area contributed by atoms with Gasteiger partial charge in [-0.25, -0.2) is 0 Å². The Balaban J connectivity index is 5.74. The minimum atomic E-state index is -1.03. The van der Waals surface area contributed by atoms with E-state index in [-0.39, 0.29) is 11.7 Å². The highest BCUT2D eigenvalue weighted by Crippen LogP contribution is 2.18. The minimum absolute atomic E-state index is 0.0236. The second-order valence-electron chi connectivity index (χ2n) is 3.91. The summed E-state index contributed by atoms with van der Waals surface area (Å²) in [6.07, 6.45) is 18.9. The maximum Gasteiger partial charge on any atom is 0.357 e. The molecule has 0 radical (unpaired) electrons. The first kappa shape index (κ1) is 20.9. The van der Waals surface area contributed by atoms with Crippen molar-refractivity contribution in [3.05, 3.63) is 36.4 Å². The average molecular weight is 330 g/mol. The highest BCUT2D eigenvalue weighted by molar-refractivity contribution is 5.08. The maximum absolute atomic E-state index is 5.48. The fourth-order valence-electron chi connectivity index (χ4n) is 1.15. The van der Waals surface area contributed by atoms with Gasteiger partial charge < -0.3 is 23.7 Å². The maximum atomic E-state index is 5.48. The normalized spacial score (nSPS) is 12.0. The van der Waals surface area contributed by atoms with Gasteiger partial charge in [-0.2, -0.15) is 0 Å². The van der Waals surface area contributed by atoms with Gasteiger partial charge >= 0.3 is 12.2 Å². The van der Waals surface area contributed by atoms with E-state index in [1.54, 1.807) is 26.0 Å². The predicted molar refractivity (Wildman–Crippen MR) is 90.8 cm³/mol. The number of hydrogen-bond donors (Lipinski definition) is 0. The van der Waals surface area contributed by atoms with Crippen LogP contribution in [0.3, 0.4) is 0 Å². The molecule has 1 atom stereocenters. The van der Waals surface area contributed by atoms with Crippen LogP contribution >= 0.6 is 0 Å². The monoisotopic (exact) mass is 330 g/mol. The van der Waals surface area contributed by atoms with Crippen LogP contribution in [-0.2, 0) is 23.7 Å². The van der Waals surface area contributed by atoms with Crippen molar-refractivity contribution in [3.8, 4) is 36.6 Å². The van der Waals surface area contributed by atoms with E-state index in [0.29, 0.717) is 6.42 Å². The Morgan fingerprint density at radius 3 is 2.38 bits per heavy atom. The molecule has 5 nitrogen and oxygen atoms in total. The van der Waals surface area contributed by atoms with Crippen molar-refractivity contribution < 1.29 is 23.7 Å². The smallest absolute Gasteiger partial charge is 0.357 e. The molecular weight excluding hydrogens is 308 g/mol. The Bertz CT molecular complexity index is 600. The second-order valence-corrected chi connectivity index (χ2v) is 3.91. The molecule has 0 aromatic rings. The Morgan fingerprint density at radius 1 is 1.08 bits per heavy atom. The molecule has 0 aromatic heterocycles. The molecule has 1 unspecified atom stereocenters. The van der Waals surface area contributed by atoms with Crippen molar-refractivity contribution in [3.63, 3.8) is 0 Å². The lowest BCUT2D eigenvalue weighted by atomic mass is 10.4. The van der Waals surface area contributed by atoms with Crippen molar-refractivity contribution in [2.45, 2.75) is 46.8 Å². The SMILES string of the molecule is C#COC(=C(OC#CC)OC#CCC)C(OC=CC)OC=CCC. The summed E-state index contributed by atoms with van der Waals surface area (Å²) in [7, 11) is 0. The summed E-state index contributed by atoms with van der Waals surface area (Å²) in [5.41, 5.74) is 0. The number of hydrogen-bond acceptors (Lipinski definition) is 5. The van der Waals surface area contributed by atoms with Gasteiger partial charge in [-0.05, 0) is 19.4 Å². The van der Waals surface area contributed by atoms with Gasteiger partial charge in [-0.1, -0.05) is 38.2 Å². The molecule has 0 saturated heterocycles. The topological polar surface area (TPSA) is 46.2 Å². The number of allylic oxidation sites excluding steroid dienone is 2. The van der Waals surface area contributed by atoms with Gasteiger partial charge in [0.25, 0.3) is 5.76 Å². The van der Waals surface area contributed by atoms with Crippen LogP contribution in [0, 0.1) is 36.6 Å². The molecule has 0 saturated carbocycles. The molecule has 24 heavy (non-hydrogen) atoms. The van der Waals surface area contributed by atoms with E-state index >= 15 is 0 Å². The number of ether oxygens (including phenoxy) is 5. The lowest BCUT2D eigenvalue weighted by molar-refractivity contribution is -0.0675. The predicted octanol–water partition coefficient (Wildman–Crippen LogP) is 3.96. The third-order valence-electron chi connectivity index (χ3n) is 2.09. The zero-order valence-corrected chi connectivity index (χ0v) is 14.4. The zero-order valence-electron chi connectivity index (χ0n) is 14.4. The minimum Gasteiger partial charge on any atom is -0.456 e. The van der Waals surface area contributed by atoms with Crippen LogP contribution in [0.25, 0.3) is 0 Å². The Labute approximate surface area is 144 Å². The van der Waals surface area contributed by atoms with Crippen LogP contribution in [0.2, 0.25) is 0 Å². The quantitative estimate of drug-likeness (QED) is 0.364. The molecule has 0 aliphatic rings. The lowest BCUT2D eigenvalue weighted by Gasteiger charge is -2.18.